The SMILES string of the molecule is Cc1nc(Cl)ccc1NC(=O)c1c[nH]c2c1-c1ncncc1CCC2. The fourth-order valence-electron chi connectivity index (χ4n) is 3.19. The Labute approximate surface area is 149 Å². The zero-order chi connectivity index (χ0) is 17.4. The molecule has 0 saturated heterocycles. The highest BCUT2D eigenvalue weighted by Gasteiger charge is 2.24. The van der Waals surface area contributed by atoms with Gasteiger partial charge in [-0.2, -0.15) is 0 Å². The smallest absolute Gasteiger partial charge is 0.257 e. The van der Waals surface area contributed by atoms with Crippen molar-refractivity contribution in [2.75, 3.05) is 5.32 Å². The molecule has 7 heteroatoms. The van der Waals surface area contributed by atoms with Crippen molar-refractivity contribution >= 4 is 23.2 Å². The van der Waals surface area contributed by atoms with Gasteiger partial charge < -0.3 is 10.3 Å². The second-order valence-corrected chi connectivity index (χ2v) is 6.41. The van der Waals surface area contributed by atoms with Crippen LogP contribution in [0.15, 0.2) is 30.9 Å². The highest BCUT2D eigenvalue weighted by molar-refractivity contribution is 6.29. The number of carbonyl (C=O) groups excluding carboxylic acids is 1. The van der Waals surface area contributed by atoms with Crippen LogP contribution in [0.5, 0.6) is 0 Å². The summed E-state index contributed by atoms with van der Waals surface area (Å²) >= 11 is 5.88. The molecule has 1 aliphatic rings. The van der Waals surface area contributed by atoms with Crippen molar-refractivity contribution in [2.45, 2.75) is 26.2 Å². The summed E-state index contributed by atoms with van der Waals surface area (Å²) in [5.41, 5.74) is 5.69. The molecule has 4 rings (SSSR count). The highest BCUT2D eigenvalue weighted by Crippen LogP contribution is 2.33. The van der Waals surface area contributed by atoms with Gasteiger partial charge >= 0.3 is 0 Å². The van der Waals surface area contributed by atoms with Gasteiger partial charge in [0.05, 0.1) is 22.6 Å². The van der Waals surface area contributed by atoms with E-state index in [4.69, 9.17) is 11.6 Å². The van der Waals surface area contributed by atoms with Gasteiger partial charge in [0, 0.05) is 23.7 Å². The van der Waals surface area contributed by atoms with Crippen molar-refractivity contribution in [3.05, 3.63) is 58.5 Å². The molecule has 0 spiro atoms. The monoisotopic (exact) mass is 353 g/mol. The van der Waals surface area contributed by atoms with Gasteiger partial charge in [0.2, 0.25) is 0 Å². The number of fused-ring (bicyclic) bond motifs is 3. The number of aromatic amines is 1. The molecule has 1 amide bonds. The summed E-state index contributed by atoms with van der Waals surface area (Å²) in [7, 11) is 0. The van der Waals surface area contributed by atoms with E-state index >= 15 is 0 Å². The molecule has 3 heterocycles. The number of carbonyl (C=O) groups is 1. The lowest BCUT2D eigenvalue weighted by atomic mass is 10.0. The molecular formula is C18H16ClN5O. The van der Waals surface area contributed by atoms with Crippen LogP contribution in [0, 0.1) is 6.92 Å². The molecule has 0 atom stereocenters. The molecular weight excluding hydrogens is 338 g/mol. The average molecular weight is 354 g/mol. The maximum Gasteiger partial charge on any atom is 0.257 e. The lowest BCUT2D eigenvalue weighted by Gasteiger charge is -2.10. The Morgan fingerprint density at radius 1 is 1.32 bits per heavy atom. The molecule has 3 aromatic heterocycles. The first kappa shape index (κ1) is 15.8. The quantitative estimate of drug-likeness (QED) is 0.690. The predicted octanol–water partition coefficient (Wildman–Crippen LogP) is 3.57. The van der Waals surface area contributed by atoms with Gasteiger partial charge in [-0.25, -0.2) is 15.0 Å². The van der Waals surface area contributed by atoms with Crippen LogP contribution in [0.1, 0.15) is 33.7 Å². The topological polar surface area (TPSA) is 83.6 Å². The highest BCUT2D eigenvalue weighted by atomic mass is 35.5. The van der Waals surface area contributed by atoms with Crippen molar-refractivity contribution in [3.63, 3.8) is 0 Å². The van der Waals surface area contributed by atoms with Gasteiger partial charge in [-0.3, -0.25) is 4.79 Å². The van der Waals surface area contributed by atoms with Crippen molar-refractivity contribution in [2.24, 2.45) is 0 Å². The predicted molar refractivity (Wildman–Crippen MR) is 95.8 cm³/mol. The van der Waals surface area contributed by atoms with E-state index in [2.05, 4.69) is 25.3 Å². The zero-order valence-electron chi connectivity index (χ0n) is 13.6. The van der Waals surface area contributed by atoms with Gasteiger partial charge in [-0.15, -0.1) is 0 Å². The third-order valence-electron chi connectivity index (χ3n) is 4.40. The molecule has 25 heavy (non-hydrogen) atoms. The largest absolute Gasteiger partial charge is 0.364 e. The Kier molecular flexibility index (Phi) is 3.97. The third kappa shape index (κ3) is 2.89. The number of halogens is 1. The number of nitrogens with zero attached hydrogens (tertiary/aromatic N) is 3. The normalized spacial score (nSPS) is 12.9. The van der Waals surface area contributed by atoms with E-state index in [1.54, 1.807) is 18.3 Å². The summed E-state index contributed by atoms with van der Waals surface area (Å²) in [5.74, 6) is -0.198. The van der Waals surface area contributed by atoms with Crippen LogP contribution in [0.4, 0.5) is 5.69 Å². The van der Waals surface area contributed by atoms with E-state index in [0.717, 1.165) is 41.8 Å². The van der Waals surface area contributed by atoms with Crippen LogP contribution in [-0.2, 0) is 12.8 Å². The maximum absolute atomic E-state index is 12.9. The van der Waals surface area contributed by atoms with Crippen LogP contribution in [0.2, 0.25) is 5.15 Å². The Bertz CT molecular complexity index is 966. The number of aromatic nitrogens is 4. The summed E-state index contributed by atoms with van der Waals surface area (Å²) in [6, 6.07) is 3.41. The lowest BCUT2D eigenvalue weighted by molar-refractivity contribution is 0.102. The van der Waals surface area contributed by atoms with Crippen LogP contribution < -0.4 is 5.32 Å². The maximum atomic E-state index is 12.9. The van der Waals surface area contributed by atoms with Gasteiger partial charge in [0.1, 0.15) is 11.5 Å². The van der Waals surface area contributed by atoms with Gasteiger partial charge in [0.15, 0.2) is 0 Å². The molecule has 3 aromatic rings. The molecule has 1 aliphatic carbocycles. The molecule has 0 fully saturated rings. The Balaban J connectivity index is 1.74. The number of nitrogens with one attached hydrogen (secondary N) is 2. The molecule has 0 radical (unpaired) electrons. The number of H-pyrrole nitrogens is 1. The number of pyridine rings is 1. The summed E-state index contributed by atoms with van der Waals surface area (Å²) in [6.45, 7) is 1.81. The number of hydrogen-bond donors (Lipinski definition) is 2. The molecule has 2 N–H and O–H groups in total. The van der Waals surface area contributed by atoms with E-state index in [9.17, 15) is 4.79 Å². The first-order valence-electron chi connectivity index (χ1n) is 8.07. The van der Waals surface area contributed by atoms with E-state index in [0.29, 0.717) is 22.1 Å². The summed E-state index contributed by atoms with van der Waals surface area (Å²) in [6.07, 6.45) is 7.88. The standard InChI is InChI=1S/C18H16ClN5O/c1-10-13(5-6-15(19)23-10)24-18(25)12-8-21-14-4-2-3-11-7-20-9-22-17(11)16(12)14/h5-9,21H,2-4H2,1H3,(H,24,25). The van der Waals surface area contributed by atoms with Crippen molar-refractivity contribution in [3.8, 4) is 11.3 Å². The minimum atomic E-state index is -0.198. The third-order valence-corrected chi connectivity index (χ3v) is 4.61. The van der Waals surface area contributed by atoms with E-state index in [1.165, 1.54) is 6.33 Å². The first-order valence-corrected chi connectivity index (χ1v) is 8.45. The van der Waals surface area contributed by atoms with Crippen molar-refractivity contribution < 1.29 is 4.79 Å². The van der Waals surface area contributed by atoms with Crippen LogP contribution >= 0.6 is 11.6 Å². The van der Waals surface area contributed by atoms with Gasteiger partial charge in [0.25, 0.3) is 5.91 Å². The van der Waals surface area contributed by atoms with Crippen LogP contribution in [0.3, 0.4) is 0 Å². The molecule has 6 nitrogen and oxygen atoms in total. The minimum Gasteiger partial charge on any atom is -0.364 e. The van der Waals surface area contributed by atoms with Crippen molar-refractivity contribution in [1.82, 2.24) is 19.9 Å². The van der Waals surface area contributed by atoms with Gasteiger partial charge in [-0.1, -0.05) is 11.6 Å². The molecule has 0 aliphatic heterocycles. The second-order valence-electron chi connectivity index (χ2n) is 6.03. The first-order chi connectivity index (χ1) is 12.1. The Morgan fingerprint density at radius 3 is 3.04 bits per heavy atom. The Hall–Kier alpha value is -2.73. The lowest BCUT2D eigenvalue weighted by Crippen LogP contribution is -2.14. The van der Waals surface area contributed by atoms with E-state index in [-0.39, 0.29) is 5.91 Å². The average Bonchev–Trinajstić information content (AvgIpc) is 2.93. The van der Waals surface area contributed by atoms with Crippen LogP contribution in [-0.4, -0.2) is 25.8 Å². The zero-order valence-corrected chi connectivity index (χ0v) is 14.4. The number of hydrogen-bond acceptors (Lipinski definition) is 4. The molecule has 0 unspecified atom stereocenters. The summed E-state index contributed by atoms with van der Waals surface area (Å²) < 4.78 is 0. The fourth-order valence-corrected chi connectivity index (χ4v) is 3.38. The number of rotatable bonds is 2. The molecule has 0 saturated carbocycles. The second kappa shape index (κ2) is 6.29. The minimum absolute atomic E-state index is 0.198. The van der Waals surface area contributed by atoms with E-state index in [1.807, 2.05) is 13.1 Å². The fraction of sp³-hybridized carbons (Fsp3) is 0.222. The van der Waals surface area contributed by atoms with E-state index < -0.39 is 0 Å². The summed E-state index contributed by atoms with van der Waals surface area (Å²) in [5, 5.41) is 3.32. The summed E-state index contributed by atoms with van der Waals surface area (Å²) in [4.78, 5) is 28.8. The van der Waals surface area contributed by atoms with Crippen LogP contribution in [0.25, 0.3) is 11.3 Å². The van der Waals surface area contributed by atoms with Gasteiger partial charge in [-0.05, 0) is 43.9 Å². The van der Waals surface area contributed by atoms with Crippen molar-refractivity contribution in [1.29, 1.82) is 0 Å². The molecule has 126 valence electrons. The number of amides is 1. The molecule has 0 bridgehead atoms. The number of aryl methyl sites for hydroxylation is 3. The molecule has 0 aromatic carbocycles. The number of anilines is 1. The Morgan fingerprint density at radius 2 is 2.20 bits per heavy atom.